The molecule has 1 amide bonds. The van der Waals surface area contributed by atoms with E-state index >= 15 is 0 Å². The Hall–Kier alpha value is -0.0100. The Morgan fingerprint density at radius 1 is 1.14 bits per heavy atom. The minimum absolute atomic E-state index is 0.111. The van der Waals surface area contributed by atoms with Crippen molar-refractivity contribution in [1.82, 2.24) is 5.32 Å². The van der Waals surface area contributed by atoms with Gasteiger partial charge in [0.05, 0.1) is 0 Å². The SMILES string of the molecule is O=C(NCCCCCCI)C(F)(F)F. The lowest BCUT2D eigenvalue weighted by molar-refractivity contribution is -0.173. The van der Waals surface area contributed by atoms with Crippen LogP contribution in [0.1, 0.15) is 25.7 Å². The fourth-order valence-corrected chi connectivity index (χ4v) is 1.41. The molecule has 0 aromatic carbocycles. The number of carbonyl (C=O) groups is 1. The van der Waals surface area contributed by atoms with Gasteiger partial charge in [-0.3, -0.25) is 4.79 Å². The molecule has 0 rings (SSSR count). The predicted octanol–water partition coefficient (Wildman–Crippen LogP) is 2.66. The minimum Gasteiger partial charge on any atom is -0.348 e. The van der Waals surface area contributed by atoms with Gasteiger partial charge in [0.15, 0.2) is 0 Å². The first-order valence-electron chi connectivity index (χ1n) is 4.39. The average Bonchev–Trinajstić information content (AvgIpc) is 2.09. The van der Waals surface area contributed by atoms with Crippen molar-refractivity contribution in [1.29, 1.82) is 0 Å². The van der Waals surface area contributed by atoms with Gasteiger partial charge in [0.1, 0.15) is 0 Å². The van der Waals surface area contributed by atoms with E-state index in [0.717, 1.165) is 23.7 Å². The van der Waals surface area contributed by atoms with Crippen molar-refractivity contribution in [3.05, 3.63) is 0 Å². The highest BCUT2D eigenvalue weighted by molar-refractivity contribution is 14.1. The third-order valence-electron chi connectivity index (χ3n) is 1.60. The minimum atomic E-state index is -4.75. The van der Waals surface area contributed by atoms with Crippen LogP contribution in [0.4, 0.5) is 13.2 Å². The number of amides is 1. The molecular weight excluding hydrogens is 310 g/mol. The van der Waals surface area contributed by atoms with Gasteiger partial charge in [-0.25, -0.2) is 0 Å². The maximum absolute atomic E-state index is 11.7. The summed E-state index contributed by atoms with van der Waals surface area (Å²) in [5.74, 6) is -1.84. The largest absolute Gasteiger partial charge is 0.471 e. The lowest BCUT2D eigenvalue weighted by Crippen LogP contribution is -2.37. The molecule has 0 bridgehead atoms. The highest BCUT2D eigenvalue weighted by Crippen LogP contribution is 2.14. The molecule has 0 atom stereocenters. The van der Waals surface area contributed by atoms with Gasteiger partial charge in [-0.15, -0.1) is 0 Å². The van der Waals surface area contributed by atoms with Gasteiger partial charge < -0.3 is 5.32 Å². The molecule has 0 radical (unpaired) electrons. The van der Waals surface area contributed by atoms with E-state index in [1.54, 1.807) is 0 Å². The summed E-state index contributed by atoms with van der Waals surface area (Å²) in [6.45, 7) is 0.111. The highest BCUT2D eigenvalue weighted by Gasteiger charge is 2.37. The molecule has 0 spiro atoms. The normalized spacial score (nSPS) is 11.4. The number of alkyl halides is 4. The summed E-state index contributed by atoms with van der Waals surface area (Å²) in [6.07, 6.45) is -1.19. The molecule has 0 aromatic heterocycles. The van der Waals surface area contributed by atoms with E-state index in [2.05, 4.69) is 22.6 Å². The zero-order chi connectivity index (χ0) is 11.0. The van der Waals surface area contributed by atoms with Crippen molar-refractivity contribution < 1.29 is 18.0 Å². The van der Waals surface area contributed by atoms with Crippen LogP contribution in [-0.4, -0.2) is 23.1 Å². The van der Waals surface area contributed by atoms with E-state index in [4.69, 9.17) is 0 Å². The lowest BCUT2D eigenvalue weighted by atomic mass is 10.2. The monoisotopic (exact) mass is 323 g/mol. The Balaban J connectivity index is 3.33. The summed E-state index contributed by atoms with van der Waals surface area (Å²) in [4.78, 5) is 10.3. The van der Waals surface area contributed by atoms with Gasteiger partial charge in [0, 0.05) is 6.54 Å². The standard InChI is InChI=1S/C8H13F3INO/c9-8(10,11)7(14)13-6-4-2-1-3-5-12/h1-6H2,(H,13,14). The summed E-state index contributed by atoms with van der Waals surface area (Å²) < 4.78 is 36.1. The van der Waals surface area contributed by atoms with Crippen LogP contribution in [0, 0.1) is 0 Å². The van der Waals surface area contributed by atoms with Gasteiger partial charge in [-0.1, -0.05) is 35.4 Å². The summed E-state index contributed by atoms with van der Waals surface area (Å²) in [5.41, 5.74) is 0. The molecule has 0 aliphatic rings. The summed E-state index contributed by atoms with van der Waals surface area (Å²) >= 11 is 2.25. The maximum Gasteiger partial charge on any atom is 0.471 e. The first-order chi connectivity index (χ1) is 6.48. The van der Waals surface area contributed by atoms with Crippen molar-refractivity contribution in [2.45, 2.75) is 31.9 Å². The summed E-state index contributed by atoms with van der Waals surface area (Å²) in [7, 11) is 0. The van der Waals surface area contributed by atoms with Gasteiger partial charge in [0.2, 0.25) is 0 Å². The summed E-state index contributed by atoms with van der Waals surface area (Å²) in [6, 6.07) is 0. The van der Waals surface area contributed by atoms with Crippen LogP contribution in [0.25, 0.3) is 0 Å². The Morgan fingerprint density at radius 2 is 1.71 bits per heavy atom. The zero-order valence-corrected chi connectivity index (χ0v) is 9.82. The van der Waals surface area contributed by atoms with Crippen molar-refractivity contribution in [2.75, 3.05) is 11.0 Å². The van der Waals surface area contributed by atoms with Crippen molar-refractivity contribution >= 4 is 28.5 Å². The van der Waals surface area contributed by atoms with Gasteiger partial charge in [-0.05, 0) is 17.3 Å². The lowest BCUT2D eigenvalue weighted by Gasteiger charge is -2.07. The highest BCUT2D eigenvalue weighted by atomic mass is 127. The van der Waals surface area contributed by atoms with E-state index in [1.165, 1.54) is 0 Å². The second-order valence-corrected chi connectivity index (χ2v) is 3.94. The molecule has 0 aromatic rings. The van der Waals surface area contributed by atoms with E-state index in [-0.39, 0.29) is 6.54 Å². The van der Waals surface area contributed by atoms with Crippen LogP contribution in [0.15, 0.2) is 0 Å². The molecule has 0 aliphatic carbocycles. The first-order valence-corrected chi connectivity index (χ1v) is 5.92. The van der Waals surface area contributed by atoms with Crippen LogP contribution < -0.4 is 5.32 Å². The Morgan fingerprint density at radius 3 is 2.21 bits per heavy atom. The smallest absolute Gasteiger partial charge is 0.348 e. The first kappa shape index (κ1) is 14.0. The van der Waals surface area contributed by atoms with Crippen molar-refractivity contribution in [3.8, 4) is 0 Å². The van der Waals surface area contributed by atoms with Gasteiger partial charge in [0.25, 0.3) is 0 Å². The third kappa shape index (κ3) is 7.40. The molecule has 0 unspecified atom stereocenters. The Bertz CT molecular complexity index is 172. The van der Waals surface area contributed by atoms with Crippen LogP contribution in [-0.2, 0) is 4.79 Å². The fourth-order valence-electron chi connectivity index (χ4n) is 0.875. The molecule has 14 heavy (non-hydrogen) atoms. The third-order valence-corrected chi connectivity index (χ3v) is 2.37. The van der Waals surface area contributed by atoms with Crippen LogP contribution in [0.2, 0.25) is 0 Å². The van der Waals surface area contributed by atoms with Gasteiger partial charge >= 0.3 is 12.1 Å². The van der Waals surface area contributed by atoms with E-state index in [9.17, 15) is 18.0 Å². The zero-order valence-electron chi connectivity index (χ0n) is 7.66. The number of hydrogen-bond donors (Lipinski definition) is 1. The number of unbranched alkanes of at least 4 members (excludes halogenated alkanes) is 3. The molecule has 0 fully saturated rings. The van der Waals surface area contributed by atoms with Crippen LogP contribution in [0.5, 0.6) is 0 Å². The molecule has 6 heteroatoms. The topological polar surface area (TPSA) is 29.1 Å². The maximum atomic E-state index is 11.7. The molecule has 84 valence electrons. The van der Waals surface area contributed by atoms with E-state index < -0.39 is 12.1 Å². The van der Waals surface area contributed by atoms with Gasteiger partial charge in [-0.2, -0.15) is 13.2 Å². The number of carbonyl (C=O) groups excluding carboxylic acids is 1. The molecule has 0 aliphatic heterocycles. The molecule has 0 saturated heterocycles. The number of nitrogens with one attached hydrogen (secondary N) is 1. The quantitative estimate of drug-likeness (QED) is 0.454. The number of hydrogen-bond acceptors (Lipinski definition) is 1. The summed E-state index contributed by atoms with van der Waals surface area (Å²) in [5, 5.41) is 1.83. The number of halogens is 4. The Labute approximate surface area is 94.8 Å². The molecule has 0 saturated carbocycles. The second-order valence-electron chi connectivity index (χ2n) is 2.86. The van der Waals surface area contributed by atoms with Crippen molar-refractivity contribution in [2.24, 2.45) is 0 Å². The molecule has 0 heterocycles. The van der Waals surface area contributed by atoms with Crippen LogP contribution in [0.3, 0.4) is 0 Å². The van der Waals surface area contributed by atoms with Crippen molar-refractivity contribution in [3.63, 3.8) is 0 Å². The van der Waals surface area contributed by atoms with E-state index in [1.807, 2.05) is 5.32 Å². The average molecular weight is 323 g/mol. The predicted molar refractivity (Wildman–Crippen MR) is 56.4 cm³/mol. The Kier molecular flexibility index (Phi) is 7.30. The number of rotatable bonds is 6. The molecule has 1 N–H and O–H groups in total. The molecular formula is C8H13F3INO. The van der Waals surface area contributed by atoms with E-state index in [0.29, 0.717) is 6.42 Å². The second kappa shape index (κ2) is 7.30. The molecule has 2 nitrogen and oxygen atoms in total. The van der Waals surface area contributed by atoms with Crippen LogP contribution >= 0.6 is 22.6 Å². The fraction of sp³-hybridized carbons (Fsp3) is 0.875.